The van der Waals surface area contributed by atoms with Crippen molar-refractivity contribution in [2.45, 2.75) is 12.0 Å². The number of amides is 1. The Bertz CT molecular complexity index is 664. The number of hydrogen-bond donors (Lipinski definition) is 2. The second-order valence-corrected chi connectivity index (χ2v) is 5.83. The molecule has 0 aromatic heterocycles. The predicted octanol–water partition coefficient (Wildman–Crippen LogP) is 2.50. The van der Waals surface area contributed by atoms with Gasteiger partial charge in [-0.25, -0.2) is 4.79 Å². The summed E-state index contributed by atoms with van der Waals surface area (Å²) >= 11 is 0. The molecule has 0 unspecified atom stereocenters. The molecular weight excluding hydrogens is 276 g/mol. The molecule has 0 saturated carbocycles. The van der Waals surface area contributed by atoms with Crippen molar-refractivity contribution < 1.29 is 9.53 Å². The smallest absolute Gasteiger partial charge is 0.407 e. The van der Waals surface area contributed by atoms with Gasteiger partial charge in [-0.15, -0.1) is 0 Å². The third-order valence-electron chi connectivity index (χ3n) is 4.45. The van der Waals surface area contributed by atoms with Crippen LogP contribution >= 0.6 is 0 Å². The zero-order valence-electron chi connectivity index (χ0n) is 12.2. The van der Waals surface area contributed by atoms with Crippen molar-refractivity contribution in [3.8, 4) is 11.1 Å². The average Bonchev–Trinajstić information content (AvgIpc) is 2.83. The van der Waals surface area contributed by atoms with Crippen LogP contribution in [0.1, 0.15) is 17.0 Å². The summed E-state index contributed by atoms with van der Waals surface area (Å²) in [7, 11) is 0. The van der Waals surface area contributed by atoms with Gasteiger partial charge in [0.2, 0.25) is 0 Å². The molecule has 0 bridgehead atoms. The molecule has 4 rings (SSSR count). The lowest BCUT2D eigenvalue weighted by atomic mass is 9.98. The average molecular weight is 294 g/mol. The summed E-state index contributed by atoms with van der Waals surface area (Å²) in [5.41, 5.74) is 4.97. The quantitative estimate of drug-likeness (QED) is 0.914. The lowest BCUT2D eigenvalue weighted by Gasteiger charge is -2.27. The van der Waals surface area contributed by atoms with E-state index in [1.54, 1.807) is 0 Å². The van der Waals surface area contributed by atoms with Gasteiger partial charge in [0.25, 0.3) is 0 Å². The van der Waals surface area contributed by atoms with Crippen LogP contribution < -0.4 is 10.6 Å². The second kappa shape index (κ2) is 5.46. The summed E-state index contributed by atoms with van der Waals surface area (Å²) in [5.74, 6) is 0.123. The molecule has 22 heavy (non-hydrogen) atoms. The molecule has 2 aromatic carbocycles. The van der Waals surface area contributed by atoms with E-state index < -0.39 is 0 Å². The molecule has 1 amide bonds. The summed E-state index contributed by atoms with van der Waals surface area (Å²) in [5, 5.41) is 5.98. The largest absolute Gasteiger partial charge is 0.449 e. The van der Waals surface area contributed by atoms with Crippen molar-refractivity contribution in [1.29, 1.82) is 0 Å². The number of carbonyl (C=O) groups is 1. The molecule has 4 nitrogen and oxygen atoms in total. The minimum absolute atomic E-state index is 0.123. The Morgan fingerprint density at radius 3 is 2.18 bits per heavy atom. The van der Waals surface area contributed by atoms with Crippen LogP contribution in [0, 0.1) is 0 Å². The van der Waals surface area contributed by atoms with E-state index in [0.29, 0.717) is 6.61 Å². The number of fused-ring (bicyclic) bond motifs is 3. The van der Waals surface area contributed by atoms with Crippen LogP contribution in [0.15, 0.2) is 48.5 Å². The Hall–Kier alpha value is -2.33. The molecule has 1 saturated heterocycles. The topological polar surface area (TPSA) is 50.4 Å². The highest BCUT2D eigenvalue weighted by Gasteiger charge is 2.29. The van der Waals surface area contributed by atoms with Gasteiger partial charge < -0.3 is 15.4 Å². The molecule has 0 atom stereocenters. The van der Waals surface area contributed by atoms with Gasteiger partial charge in [-0.1, -0.05) is 48.5 Å². The van der Waals surface area contributed by atoms with E-state index in [1.165, 1.54) is 22.3 Å². The normalized spacial score (nSPS) is 16.5. The lowest BCUT2D eigenvalue weighted by molar-refractivity contribution is 0.135. The molecule has 1 heterocycles. The van der Waals surface area contributed by atoms with Crippen LogP contribution in [-0.4, -0.2) is 31.8 Å². The Labute approximate surface area is 129 Å². The van der Waals surface area contributed by atoms with Crippen molar-refractivity contribution in [2.75, 3.05) is 19.7 Å². The molecule has 1 aliphatic carbocycles. The highest BCUT2D eigenvalue weighted by molar-refractivity contribution is 5.79. The molecule has 0 radical (unpaired) electrons. The number of carbonyl (C=O) groups excluding carboxylic acids is 1. The first-order valence-corrected chi connectivity index (χ1v) is 7.65. The van der Waals surface area contributed by atoms with Crippen molar-refractivity contribution >= 4 is 6.09 Å². The van der Waals surface area contributed by atoms with Crippen LogP contribution in [0.3, 0.4) is 0 Å². The van der Waals surface area contributed by atoms with Gasteiger partial charge in [0, 0.05) is 19.0 Å². The van der Waals surface area contributed by atoms with E-state index in [4.69, 9.17) is 4.74 Å². The third-order valence-corrected chi connectivity index (χ3v) is 4.45. The Morgan fingerprint density at radius 2 is 1.64 bits per heavy atom. The first-order chi connectivity index (χ1) is 10.8. The van der Waals surface area contributed by atoms with Crippen LogP contribution in [0.2, 0.25) is 0 Å². The number of nitrogens with one attached hydrogen (secondary N) is 2. The van der Waals surface area contributed by atoms with E-state index in [-0.39, 0.29) is 18.1 Å². The molecule has 2 aliphatic rings. The number of hydrogen-bond acceptors (Lipinski definition) is 3. The number of ether oxygens (including phenoxy) is 1. The SMILES string of the molecule is O=C(NC1CNC1)OCC1c2ccccc2-c2ccccc21. The number of alkyl carbamates (subject to hydrolysis) is 1. The lowest BCUT2D eigenvalue weighted by Crippen LogP contribution is -2.57. The summed E-state index contributed by atoms with van der Waals surface area (Å²) in [6.07, 6.45) is -0.326. The van der Waals surface area contributed by atoms with Crippen LogP contribution in [0.5, 0.6) is 0 Å². The first-order valence-electron chi connectivity index (χ1n) is 7.65. The van der Waals surface area contributed by atoms with Crippen molar-refractivity contribution in [1.82, 2.24) is 10.6 Å². The Balaban J connectivity index is 1.52. The summed E-state index contributed by atoms with van der Waals surface area (Å²) in [6.45, 7) is 2.02. The molecule has 4 heteroatoms. The molecule has 112 valence electrons. The van der Waals surface area contributed by atoms with E-state index in [9.17, 15) is 4.79 Å². The molecular formula is C18H18N2O2. The van der Waals surface area contributed by atoms with Crippen molar-refractivity contribution in [3.05, 3.63) is 59.7 Å². The highest BCUT2D eigenvalue weighted by Crippen LogP contribution is 2.44. The van der Waals surface area contributed by atoms with E-state index >= 15 is 0 Å². The van der Waals surface area contributed by atoms with Crippen LogP contribution in [0.25, 0.3) is 11.1 Å². The third kappa shape index (κ3) is 2.25. The van der Waals surface area contributed by atoms with Crippen LogP contribution in [-0.2, 0) is 4.74 Å². The van der Waals surface area contributed by atoms with E-state index in [1.807, 2.05) is 12.1 Å². The second-order valence-electron chi connectivity index (χ2n) is 5.83. The minimum atomic E-state index is -0.326. The van der Waals surface area contributed by atoms with Gasteiger partial charge in [0.1, 0.15) is 6.61 Å². The number of benzene rings is 2. The maximum Gasteiger partial charge on any atom is 0.407 e. The van der Waals surface area contributed by atoms with Crippen LogP contribution in [0.4, 0.5) is 4.79 Å². The van der Waals surface area contributed by atoms with E-state index in [0.717, 1.165) is 13.1 Å². The van der Waals surface area contributed by atoms with Gasteiger partial charge in [0.15, 0.2) is 0 Å². The zero-order valence-corrected chi connectivity index (χ0v) is 12.2. The maximum absolute atomic E-state index is 11.9. The van der Waals surface area contributed by atoms with Gasteiger partial charge in [-0.05, 0) is 22.3 Å². The summed E-state index contributed by atoms with van der Waals surface area (Å²) < 4.78 is 5.47. The Morgan fingerprint density at radius 1 is 1.05 bits per heavy atom. The van der Waals surface area contributed by atoms with Gasteiger partial charge in [-0.3, -0.25) is 0 Å². The monoisotopic (exact) mass is 294 g/mol. The predicted molar refractivity (Wildman–Crippen MR) is 84.9 cm³/mol. The van der Waals surface area contributed by atoms with Gasteiger partial charge in [-0.2, -0.15) is 0 Å². The van der Waals surface area contributed by atoms with Gasteiger partial charge >= 0.3 is 6.09 Å². The fraction of sp³-hybridized carbons (Fsp3) is 0.278. The minimum Gasteiger partial charge on any atom is -0.449 e. The van der Waals surface area contributed by atoms with Crippen molar-refractivity contribution in [3.63, 3.8) is 0 Å². The highest BCUT2D eigenvalue weighted by atomic mass is 16.5. The molecule has 1 fully saturated rings. The molecule has 2 aromatic rings. The summed E-state index contributed by atoms with van der Waals surface area (Å²) in [6, 6.07) is 16.9. The van der Waals surface area contributed by atoms with Gasteiger partial charge in [0.05, 0.1) is 6.04 Å². The first kappa shape index (κ1) is 13.3. The maximum atomic E-state index is 11.9. The molecule has 1 aliphatic heterocycles. The fourth-order valence-electron chi connectivity index (χ4n) is 3.20. The van der Waals surface area contributed by atoms with E-state index in [2.05, 4.69) is 47.0 Å². The Kier molecular flexibility index (Phi) is 3.31. The van der Waals surface area contributed by atoms with Crippen molar-refractivity contribution in [2.24, 2.45) is 0 Å². The fourth-order valence-corrected chi connectivity index (χ4v) is 3.20. The standard InChI is InChI=1S/C18H18N2O2/c21-18(20-12-9-19-10-12)22-11-17-15-7-3-1-5-13(15)14-6-2-4-8-16(14)17/h1-8,12,17,19H,9-11H2,(H,20,21). The molecule has 2 N–H and O–H groups in total. The molecule has 0 spiro atoms. The number of rotatable bonds is 3. The summed E-state index contributed by atoms with van der Waals surface area (Å²) in [4.78, 5) is 11.9. The zero-order chi connectivity index (χ0) is 14.9.